The zero-order valence-corrected chi connectivity index (χ0v) is 13.8. The average Bonchev–Trinajstić information content (AvgIpc) is 2.80. The number of likely N-dealkylation sites (tertiary alicyclic amines) is 1. The predicted octanol–water partition coefficient (Wildman–Crippen LogP) is 3.08. The summed E-state index contributed by atoms with van der Waals surface area (Å²) in [6, 6.07) is 9.64. The van der Waals surface area contributed by atoms with Crippen molar-refractivity contribution >= 4 is 6.09 Å². The van der Waals surface area contributed by atoms with Crippen molar-refractivity contribution in [3.05, 3.63) is 35.9 Å². The molecule has 1 heterocycles. The minimum atomic E-state index is -1.05. The van der Waals surface area contributed by atoms with Crippen molar-refractivity contribution in [1.82, 2.24) is 9.80 Å². The van der Waals surface area contributed by atoms with Crippen LogP contribution in [0.3, 0.4) is 0 Å². The number of likely N-dealkylation sites (N-methyl/N-ethyl adjacent to an activating group) is 1. The van der Waals surface area contributed by atoms with Gasteiger partial charge in [-0.2, -0.15) is 0 Å². The van der Waals surface area contributed by atoms with Crippen molar-refractivity contribution in [2.24, 2.45) is 0 Å². The van der Waals surface area contributed by atoms with Gasteiger partial charge >= 0.3 is 6.09 Å². The molecule has 0 aliphatic carbocycles. The number of amides is 1. The minimum Gasteiger partial charge on any atom is -0.444 e. The van der Waals surface area contributed by atoms with Gasteiger partial charge < -0.3 is 9.64 Å². The molecule has 1 aromatic carbocycles. The molecule has 0 unspecified atom stereocenters. The first kappa shape index (κ1) is 16.7. The lowest BCUT2D eigenvalue weighted by Crippen LogP contribution is -2.40. The highest BCUT2D eigenvalue weighted by Gasteiger charge is 2.39. The van der Waals surface area contributed by atoms with E-state index in [1.165, 1.54) is 4.90 Å². The van der Waals surface area contributed by atoms with Crippen LogP contribution in [-0.2, 0) is 11.3 Å². The molecular weight excluding hydrogens is 283 g/mol. The van der Waals surface area contributed by atoms with Gasteiger partial charge in [-0.25, -0.2) is 9.18 Å². The minimum absolute atomic E-state index is 0.0959. The van der Waals surface area contributed by atoms with Gasteiger partial charge in [0.1, 0.15) is 11.8 Å². The molecule has 22 heavy (non-hydrogen) atoms. The maximum atomic E-state index is 14.3. The topological polar surface area (TPSA) is 32.8 Å². The van der Waals surface area contributed by atoms with Crippen LogP contribution in [0.4, 0.5) is 9.18 Å². The number of benzene rings is 1. The van der Waals surface area contributed by atoms with Crippen molar-refractivity contribution < 1.29 is 13.9 Å². The van der Waals surface area contributed by atoms with Crippen LogP contribution in [0.1, 0.15) is 26.3 Å². The van der Waals surface area contributed by atoms with E-state index in [4.69, 9.17) is 4.74 Å². The van der Waals surface area contributed by atoms with Gasteiger partial charge in [0, 0.05) is 13.1 Å². The van der Waals surface area contributed by atoms with E-state index in [1.54, 1.807) is 0 Å². The molecule has 1 amide bonds. The maximum Gasteiger partial charge on any atom is 0.410 e. The summed E-state index contributed by atoms with van der Waals surface area (Å²) < 4.78 is 19.6. The van der Waals surface area contributed by atoms with Crippen LogP contribution in [0.25, 0.3) is 0 Å². The highest BCUT2D eigenvalue weighted by atomic mass is 19.1. The summed E-state index contributed by atoms with van der Waals surface area (Å²) in [5.41, 5.74) is 0.574. The van der Waals surface area contributed by atoms with Crippen LogP contribution < -0.4 is 0 Å². The Morgan fingerprint density at radius 3 is 2.55 bits per heavy atom. The summed E-state index contributed by atoms with van der Waals surface area (Å²) in [6.07, 6.45) is -1.49. The lowest BCUT2D eigenvalue weighted by atomic mass is 10.1. The number of nitrogens with zero attached hydrogens (tertiary/aromatic N) is 2. The molecule has 0 radical (unpaired) electrons. The van der Waals surface area contributed by atoms with Crippen molar-refractivity contribution in [1.29, 1.82) is 0 Å². The summed E-state index contributed by atoms with van der Waals surface area (Å²) in [5.74, 6) is 0. The Morgan fingerprint density at radius 1 is 1.32 bits per heavy atom. The van der Waals surface area contributed by atoms with Gasteiger partial charge in [-0.1, -0.05) is 30.3 Å². The summed E-state index contributed by atoms with van der Waals surface area (Å²) in [5, 5.41) is 0. The molecule has 1 aliphatic rings. The highest BCUT2D eigenvalue weighted by Crippen LogP contribution is 2.22. The van der Waals surface area contributed by atoms with E-state index in [1.807, 2.05) is 63.1 Å². The van der Waals surface area contributed by atoms with Gasteiger partial charge in [-0.3, -0.25) is 4.90 Å². The lowest BCUT2D eigenvalue weighted by molar-refractivity contribution is 0.0278. The van der Waals surface area contributed by atoms with Gasteiger partial charge in [-0.05, 0) is 33.4 Å². The van der Waals surface area contributed by atoms with E-state index in [-0.39, 0.29) is 12.6 Å². The molecular formula is C17H25FN2O2. The molecule has 1 saturated heterocycles. The fourth-order valence-electron chi connectivity index (χ4n) is 2.63. The molecule has 0 bridgehead atoms. The molecule has 5 heteroatoms. The second-order valence-corrected chi connectivity index (χ2v) is 6.87. The van der Waals surface area contributed by atoms with Crippen molar-refractivity contribution in [2.75, 3.05) is 20.1 Å². The first-order valence-corrected chi connectivity index (χ1v) is 7.62. The van der Waals surface area contributed by atoms with Crippen molar-refractivity contribution in [2.45, 2.75) is 45.1 Å². The van der Waals surface area contributed by atoms with E-state index >= 15 is 0 Å². The van der Waals surface area contributed by atoms with Gasteiger partial charge in [0.2, 0.25) is 0 Å². The monoisotopic (exact) mass is 308 g/mol. The Morgan fingerprint density at radius 2 is 1.95 bits per heavy atom. The number of alkyl halides is 1. The Labute approximate surface area is 131 Å². The zero-order chi connectivity index (χ0) is 16.3. The molecule has 1 fully saturated rings. The zero-order valence-electron chi connectivity index (χ0n) is 13.8. The van der Waals surface area contributed by atoms with Gasteiger partial charge in [0.25, 0.3) is 0 Å². The molecule has 1 aliphatic heterocycles. The van der Waals surface area contributed by atoms with Crippen LogP contribution in [0.2, 0.25) is 0 Å². The summed E-state index contributed by atoms with van der Waals surface area (Å²) in [4.78, 5) is 15.5. The second-order valence-electron chi connectivity index (χ2n) is 6.87. The molecule has 0 spiro atoms. The third-order valence-corrected chi connectivity index (χ3v) is 3.71. The van der Waals surface area contributed by atoms with Crippen LogP contribution in [-0.4, -0.2) is 53.8 Å². The predicted molar refractivity (Wildman–Crippen MR) is 84.4 cm³/mol. The van der Waals surface area contributed by atoms with Crippen molar-refractivity contribution in [3.8, 4) is 0 Å². The molecule has 2 atom stereocenters. The Hall–Kier alpha value is -1.62. The van der Waals surface area contributed by atoms with Crippen LogP contribution in [0.5, 0.6) is 0 Å². The maximum absolute atomic E-state index is 14.3. The Kier molecular flexibility index (Phi) is 5.06. The smallest absolute Gasteiger partial charge is 0.410 e. The summed E-state index contributed by atoms with van der Waals surface area (Å²) in [7, 11) is 1.89. The average molecular weight is 308 g/mol. The molecule has 2 rings (SSSR count). The van der Waals surface area contributed by atoms with E-state index in [9.17, 15) is 9.18 Å². The number of hydrogen-bond acceptors (Lipinski definition) is 3. The molecule has 4 nitrogen and oxygen atoms in total. The second kappa shape index (κ2) is 6.65. The molecule has 0 N–H and O–H groups in total. The number of hydrogen-bond donors (Lipinski definition) is 0. The Bertz CT molecular complexity index is 501. The SMILES string of the molecule is CN(Cc1ccccc1)[C@H]1CN(C(=O)OC(C)(C)C)C[C@@H]1F. The quantitative estimate of drug-likeness (QED) is 0.860. The summed E-state index contributed by atoms with van der Waals surface area (Å²) >= 11 is 0. The van der Waals surface area contributed by atoms with Crippen LogP contribution in [0, 0.1) is 0 Å². The number of ether oxygens (including phenoxy) is 1. The standard InChI is InChI=1S/C17H25FN2O2/c1-17(2,3)22-16(21)20-11-14(18)15(12-20)19(4)10-13-8-6-5-7-9-13/h5-9,14-15H,10-12H2,1-4H3/t14-,15-/m0/s1. The fourth-order valence-corrected chi connectivity index (χ4v) is 2.63. The van der Waals surface area contributed by atoms with E-state index in [2.05, 4.69) is 0 Å². The number of halogens is 1. The number of carbonyl (C=O) groups excluding carboxylic acids is 1. The van der Waals surface area contributed by atoms with Gasteiger partial charge in [-0.15, -0.1) is 0 Å². The highest BCUT2D eigenvalue weighted by molar-refractivity contribution is 5.68. The summed E-state index contributed by atoms with van der Waals surface area (Å²) in [6.45, 7) is 6.55. The fraction of sp³-hybridized carbons (Fsp3) is 0.588. The van der Waals surface area contributed by atoms with Crippen LogP contribution >= 0.6 is 0 Å². The van der Waals surface area contributed by atoms with Crippen LogP contribution in [0.15, 0.2) is 30.3 Å². The van der Waals surface area contributed by atoms with Gasteiger partial charge in [0.15, 0.2) is 0 Å². The number of carbonyl (C=O) groups is 1. The molecule has 1 aromatic rings. The Balaban J connectivity index is 1.94. The van der Waals surface area contributed by atoms with Crippen molar-refractivity contribution in [3.63, 3.8) is 0 Å². The lowest BCUT2D eigenvalue weighted by Gasteiger charge is -2.26. The number of rotatable bonds is 3. The molecule has 0 aromatic heterocycles. The first-order valence-electron chi connectivity index (χ1n) is 7.62. The third-order valence-electron chi connectivity index (χ3n) is 3.71. The van der Waals surface area contributed by atoms with E-state index < -0.39 is 17.9 Å². The normalized spacial score (nSPS) is 22.2. The third kappa shape index (κ3) is 4.44. The largest absolute Gasteiger partial charge is 0.444 e. The molecule has 0 saturated carbocycles. The first-order chi connectivity index (χ1) is 10.3. The molecule has 122 valence electrons. The van der Waals surface area contributed by atoms with E-state index in [0.29, 0.717) is 13.1 Å². The van der Waals surface area contributed by atoms with Gasteiger partial charge in [0.05, 0.1) is 12.6 Å². The van der Waals surface area contributed by atoms with E-state index in [0.717, 1.165) is 5.56 Å².